The zero-order chi connectivity index (χ0) is 29.2. The van der Waals surface area contributed by atoms with Gasteiger partial charge in [-0.2, -0.15) is 0 Å². The molecule has 2 unspecified atom stereocenters. The second kappa shape index (κ2) is 10.2. The summed E-state index contributed by atoms with van der Waals surface area (Å²) in [6.07, 6.45) is 0.357. The number of aliphatic hydroxyl groups is 1. The molecule has 0 aliphatic heterocycles. The van der Waals surface area contributed by atoms with Crippen LogP contribution in [0.5, 0.6) is 0 Å². The lowest BCUT2D eigenvalue weighted by Crippen LogP contribution is -2.44. The molecule has 7 heteroatoms. The van der Waals surface area contributed by atoms with Gasteiger partial charge in [0.1, 0.15) is 17.7 Å². The molecule has 0 bridgehead atoms. The van der Waals surface area contributed by atoms with Gasteiger partial charge in [-0.15, -0.1) is 0 Å². The van der Waals surface area contributed by atoms with E-state index in [2.05, 4.69) is 61.6 Å². The molecule has 0 radical (unpaired) electrons. The minimum absolute atomic E-state index is 0.0206. The van der Waals surface area contributed by atoms with Crippen LogP contribution in [0.1, 0.15) is 107 Å². The maximum Gasteiger partial charge on any atom is 0.192 e. The van der Waals surface area contributed by atoms with Crippen molar-refractivity contribution >= 4 is 21.6 Å². The lowest BCUT2D eigenvalue weighted by molar-refractivity contribution is 0.105. The molecule has 1 aromatic heterocycles. The third-order valence-electron chi connectivity index (χ3n) is 8.55. The van der Waals surface area contributed by atoms with Crippen LogP contribution in [0.4, 0.5) is 8.78 Å². The van der Waals surface area contributed by atoms with Crippen LogP contribution in [0, 0.1) is 24.0 Å². The van der Waals surface area contributed by atoms with E-state index >= 15 is 8.78 Å². The number of rotatable bonds is 6. The Morgan fingerprint density at radius 3 is 2.03 bits per heavy atom. The summed E-state index contributed by atoms with van der Waals surface area (Å²) < 4.78 is 37.4. The number of halogens is 2. The molecule has 0 spiro atoms. The number of hydrogen-bond donors (Lipinski definition) is 1. The molecule has 1 aliphatic rings. The number of fused-ring (bicyclic) bond motifs is 1. The summed E-state index contributed by atoms with van der Waals surface area (Å²) in [5.74, 6) is -1.12. The summed E-state index contributed by atoms with van der Waals surface area (Å²) in [7, 11) is -4.35. The second-order valence-corrected chi connectivity index (χ2v) is 24.7. The predicted octanol–water partition coefficient (Wildman–Crippen LogP) is 8.45. The van der Waals surface area contributed by atoms with E-state index in [0.717, 1.165) is 35.4 Å². The molecule has 1 aromatic carbocycles. The van der Waals surface area contributed by atoms with Gasteiger partial charge in [0.2, 0.25) is 0 Å². The Hall–Kier alpha value is -1.42. The van der Waals surface area contributed by atoms with Crippen molar-refractivity contribution in [1.82, 2.24) is 4.98 Å². The van der Waals surface area contributed by atoms with E-state index < -0.39 is 34.1 Å². The zero-order valence-electron chi connectivity index (χ0n) is 25.9. The lowest BCUT2D eigenvalue weighted by atomic mass is 9.72. The summed E-state index contributed by atoms with van der Waals surface area (Å²) in [4.78, 5) is 5.15. The third-order valence-corrected chi connectivity index (χ3v) is 15.0. The van der Waals surface area contributed by atoms with Crippen molar-refractivity contribution in [2.45, 2.75) is 124 Å². The Morgan fingerprint density at radius 1 is 1.05 bits per heavy atom. The summed E-state index contributed by atoms with van der Waals surface area (Å²) in [5, 5.41) is 11.9. The molecule has 0 amide bonds. The van der Waals surface area contributed by atoms with E-state index in [0.29, 0.717) is 5.56 Å². The molecule has 1 heterocycles. The molecule has 0 fully saturated rings. The summed E-state index contributed by atoms with van der Waals surface area (Å²) >= 11 is 0. The third kappa shape index (κ3) is 6.01. The van der Waals surface area contributed by atoms with Crippen LogP contribution in [-0.4, -0.2) is 26.5 Å². The molecular weight excluding hydrogens is 513 g/mol. The maximum atomic E-state index is 15.2. The van der Waals surface area contributed by atoms with Crippen LogP contribution in [0.15, 0.2) is 12.1 Å². The molecule has 3 rings (SSSR count). The van der Waals surface area contributed by atoms with Crippen LogP contribution in [0.2, 0.25) is 37.8 Å². The highest BCUT2D eigenvalue weighted by molar-refractivity contribution is 6.88. The van der Waals surface area contributed by atoms with E-state index in [4.69, 9.17) is 9.41 Å². The summed E-state index contributed by atoms with van der Waals surface area (Å²) in [6, 6.07) is 2.63. The van der Waals surface area contributed by atoms with Gasteiger partial charge in [0.05, 0.1) is 14.2 Å². The number of benzene rings is 1. The average molecular weight is 562 g/mol. The molecule has 38 heavy (non-hydrogen) atoms. The molecule has 0 saturated carbocycles. The monoisotopic (exact) mass is 561 g/mol. The topological polar surface area (TPSA) is 42.4 Å². The first-order valence-electron chi connectivity index (χ1n) is 14.0. The molecule has 1 aliphatic carbocycles. The van der Waals surface area contributed by atoms with Crippen LogP contribution < -0.4 is 5.19 Å². The number of aromatic nitrogens is 1. The number of nitrogens with zero attached hydrogens (tertiary/aromatic N) is 1. The van der Waals surface area contributed by atoms with E-state index in [1.165, 1.54) is 12.1 Å². The lowest BCUT2D eigenvalue weighted by Gasteiger charge is -2.45. The van der Waals surface area contributed by atoms with Crippen molar-refractivity contribution in [3.63, 3.8) is 0 Å². The summed E-state index contributed by atoms with van der Waals surface area (Å²) in [5.41, 5.74) is 4.69. The van der Waals surface area contributed by atoms with Crippen molar-refractivity contribution in [2.75, 3.05) is 0 Å². The highest BCUT2D eigenvalue weighted by Gasteiger charge is 2.44. The first kappa shape index (κ1) is 31.1. The average Bonchev–Trinajstić information content (AvgIpc) is 2.68. The van der Waals surface area contributed by atoms with Crippen LogP contribution in [0.25, 0.3) is 0 Å². The Morgan fingerprint density at radius 2 is 1.58 bits per heavy atom. The minimum Gasteiger partial charge on any atom is -0.410 e. The van der Waals surface area contributed by atoms with Crippen molar-refractivity contribution in [1.29, 1.82) is 0 Å². The standard InChI is InChI=1S/C31H49F2NO2Si2/c1-18(2)27-26(28(35)20-14-21(32)29(22(33)15-20)37(9,10)11)19(3)25-23(34-27)16-31(7,8)17-24(25)36-38(12,13)30(4,5)6/h14-15,18,24,28,35H,16-17H2,1-13H3. The molecule has 2 aromatic rings. The SMILES string of the molecule is Cc1c2c(nc(C(C)C)c1C(O)c1cc(F)c([Si](C)(C)C)c(F)c1)CC(C)(C)CC2O[Si](C)(C)C(C)(C)C. The van der Waals surface area contributed by atoms with Crippen molar-refractivity contribution in [3.05, 3.63) is 57.4 Å². The molecule has 2 atom stereocenters. The quantitative estimate of drug-likeness (QED) is 0.360. The van der Waals surface area contributed by atoms with E-state index in [1.807, 2.05) is 26.6 Å². The van der Waals surface area contributed by atoms with Crippen LogP contribution >= 0.6 is 0 Å². The molecule has 1 N–H and O–H groups in total. The summed E-state index contributed by atoms with van der Waals surface area (Å²) in [6.45, 7) is 27.7. The van der Waals surface area contributed by atoms with Crippen molar-refractivity contribution < 1.29 is 18.3 Å². The molecule has 212 valence electrons. The Labute approximate surface area is 231 Å². The zero-order valence-corrected chi connectivity index (χ0v) is 27.9. The Bertz CT molecular complexity index is 1190. The van der Waals surface area contributed by atoms with Gasteiger partial charge in [-0.3, -0.25) is 4.98 Å². The van der Waals surface area contributed by atoms with Gasteiger partial charge in [-0.1, -0.05) is 68.1 Å². The van der Waals surface area contributed by atoms with Gasteiger partial charge < -0.3 is 9.53 Å². The van der Waals surface area contributed by atoms with Crippen molar-refractivity contribution in [3.8, 4) is 0 Å². The van der Waals surface area contributed by atoms with E-state index in [-0.39, 0.29) is 33.2 Å². The minimum atomic E-state index is -2.24. The fraction of sp³-hybridized carbons (Fsp3) is 0.645. The van der Waals surface area contributed by atoms with Gasteiger partial charge in [0.25, 0.3) is 0 Å². The number of pyridine rings is 1. The van der Waals surface area contributed by atoms with Crippen LogP contribution in [-0.2, 0) is 10.8 Å². The Kier molecular flexibility index (Phi) is 8.36. The molecular formula is C31H49F2NO2Si2. The van der Waals surface area contributed by atoms with Crippen LogP contribution in [0.3, 0.4) is 0 Å². The fourth-order valence-corrected chi connectivity index (χ4v) is 8.41. The molecule has 3 nitrogen and oxygen atoms in total. The van der Waals surface area contributed by atoms with E-state index in [9.17, 15) is 5.11 Å². The number of hydrogen-bond acceptors (Lipinski definition) is 3. The first-order valence-corrected chi connectivity index (χ1v) is 20.4. The van der Waals surface area contributed by atoms with Gasteiger partial charge in [0.15, 0.2) is 8.32 Å². The second-order valence-electron chi connectivity index (χ2n) is 15.0. The highest BCUT2D eigenvalue weighted by Crippen LogP contribution is 2.49. The normalized spacial score (nSPS) is 19.0. The number of aliphatic hydroxyl groups excluding tert-OH is 1. The van der Waals surface area contributed by atoms with Gasteiger partial charge in [-0.05, 0) is 72.5 Å². The predicted molar refractivity (Wildman–Crippen MR) is 160 cm³/mol. The fourth-order valence-electron chi connectivity index (χ4n) is 5.56. The first-order chi connectivity index (χ1) is 17.1. The largest absolute Gasteiger partial charge is 0.410 e. The molecule has 0 saturated heterocycles. The Balaban J connectivity index is 2.25. The highest BCUT2D eigenvalue weighted by atomic mass is 28.4. The van der Waals surface area contributed by atoms with Gasteiger partial charge in [0, 0.05) is 27.7 Å². The maximum absolute atomic E-state index is 15.2. The van der Waals surface area contributed by atoms with E-state index in [1.54, 1.807) is 0 Å². The van der Waals surface area contributed by atoms with Gasteiger partial charge in [-0.25, -0.2) is 8.78 Å². The van der Waals surface area contributed by atoms with Gasteiger partial charge >= 0.3 is 0 Å². The smallest absolute Gasteiger partial charge is 0.192 e. The van der Waals surface area contributed by atoms with Crippen molar-refractivity contribution in [2.24, 2.45) is 5.41 Å².